The number of ether oxygens (including phenoxy) is 1. The van der Waals surface area contributed by atoms with Gasteiger partial charge in [-0.05, 0) is 43.5 Å². The third-order valence-electron chi connectivity index (χ3n) is 4.20. The molecule has 4 heteroatoms. The quantitative estimate of drug-likeness (QED) is 0.753. The van der Waals surface area contributed by atoms with E-state index in [9.17, 15) is 5.26 Å². The standard InChI is InChI=1S/C21H21N3O/c1-14-5-8-17(9-6-14)13-24-18(12-22)11-19(23)21(24)25-20-10-15(2)4-7-16(20)3/h4-11H,13,23H2,1-3H3. The zero-order valence-electron chi connectivity index (χ0n) is 14.7. The van der Waals surface area contributed by atoms with Crippen LogP contribution >= 0.6 is 0 Å². The summed E-state index contributed by atoms with van der Waals surface area (Å²) in [7, 11) is 0. The lowest BCUT2D eigenvalue weighted by Gasteiger charge is -2.14. The predicted octanol–water partition coefficient (Wildman–Crippen LogP) is 4.71. The summed E-state index contributed by atoms with van der Waals surface area (Å²) in [5.41, 5.74) is 11.5. The van der Waals surface area contributed by atoms with Crippen LogP contribution in [0.15, 0.2) is 48.5 Å². The van der Waals surface area contributed by atoms with Crippen LogP contribution in [0.1, 0.15) is 27.9 Å². The Morgan fingerprint density at radius 3 is 2.36 bits per heavy atom. The molecule has 0 unspecified atom stereocenters. The predicted molar refractivity (Wildman–Crippen MR) is 99.8 cm³/mol. The van der Waals surface area contributed by atoms with E-state index >= 15 is 0 Å². The van der Waals surface area contributed by atoms with Crippen LogP contribution in [-0.2, 0) is 6.54 Å². The summed E-state index contributed by atoms with van der Waals surface area (Å²) in [5.74, 6) is 1.25. The largest absolute Gasteiger partial charge is 0.438 e. The Morgan fingerprint density at radius 1 is 1.00 bits per heavy atom. The molecule has 2 N–H and O–H groups in total. The molecule has 0 aliphatic carbocycles. The minimum Gasteiger partial charge on any atom is -0.438 e. The average molecular weight is 331 g/mol. The summed E-state index contributed by atoms with van der Waals surface area (Å²) in [5, 5.41) is 9.46. The summed E-state index contributed by atoms with van der Waals surface area (Å²) in [6.45, 7) is 6.58. The van der Waals surface area contributed by atoms with E-state index in [1.807, 2.05) is 55.7 Å². The van der Waals surface area contributed by atoms with Crippen molar-refractivity contribution in [3.05, 3.63) is 76.5 Å². The number of rotatable bonds is 4. The number of hydrogen-bond acceptors (Lipinski definition) is 3. The summed E-state index contributed by atoms with van der Waals surface area (Å²) in [6.07, 6.45) is 0. The van der Waals surface area contributed by atoms with Crippen molar-refractivity contribution >= 4 is 5.69 Å². The van der Waals surface area contributed by atoms with Crippen molar-refractivity contribution in [2.45, 2.75) is 27.3 Å². The lowest BCUT2D eigenvalue weighted by atomic mass is 10.1. The van der Waals surface area contributed by atoms with Crippen molar-refractivity contribution in [3.63, 3.8) is 0 Å². The maximum Gasteiger partial charge on any atom is 0.224 e. The molecule has 0 aliphatic rings. The van der Waals surface area contributed by atoms with Crippen molar-refractivity contribution in [1.29, 1.82) is 5.26 Å². The molecule has 2 aromatic carbocycles. The van der Waals surface area contributed by atoms with Gasteiger partial charge in [0.15, 0.2) is 0 Å². The Balaban J connectivity index is 2.01. The van der Waals surface area contributed by atoms with Gasteiger partial charge in [-0.3, -0.25) is 4.57 Å². The van der Waals surface area contributed by atoms with Gasteiger partial charge in [-0.2, -0.15) is 5.26 Å². The second kappa shape index (κ2) is 6.74. The summed E-state index contributed by atoms with van der Waals surface area (Å²) in [6, 6.07) is 18.1. The number of nitrogen functional groups attached to an aromatic ring is 1. The normalized spacial score (nSPS) is 10.5. The Kier molecular flexibility index (Phi) is 4.49. The fourth-order valence-corrected chi connectivity index (χ4v) is 2.71. The van der Waals surface area contributed by atoms with Gasteiger partial charge in [-0.15, -0.1) is 0 Å². The van der Waals surface area contributed by atoms with E-state index in [0.29, 0.717) is 23.8 Å². The highest BCUT2D eigenvalue weighted by atomic mass is 16.5. The monoisotopic (exact) mass is 331 g/mol. The Labute approximate surface area is 148 Å². The Bertz CT molecular complexity index is 947. The molecule has 3 aromatic rings. The van der Waals surface area contributed by atoms with Gasteiger partial charge < -0.3 is 10.5 Å². The van der Waals surface area contributed by atoms with Gasteiger partial charge in [0.25, 0.3) is 0 Å². The topological polar surface area (TPSA) is 64.0 Å². The molecule has 1 heterocycles. The van der Waals surface area contributed by atoms with Crippen LogP contribution in [0.3, 0.4) is 0 Å². The molecule has 0 spiro atoms. The molecule has 0 amide bonds. The molecular formula is C21H21N3O. The van der Waals surface area contributed by atoms with E-state index < -0.39 is 0 Å². The van der Waals surface area contributed by atoms with Crippen molar-refractivity contribution < 1.29 is 4.74 Å². The molecule has 0 radical (unpaired) electrons. The lowest BCUT2D eigenvalue weighted by molar-refractivity contribution is 0.434. The second-order valence-corrected chi connectivity index (χ2v) is 6.34. The van der Waals surface area contributed by atoms with E-state index in [-0.39, 0.29) is 0 Å². The molecule has 0 atom stereocenters. The molecule has 1 aromatic heterocycles. The first kappa shape index (κ1) is 16.7. The van der Waals surface area contributed by atoms with Crippen LogP contribution in [0.5, 0.6) is 11.6 Å². The molecule has 0 saturated carbocycles. The fraction of sp³-hybridized carbons (Fsp3) is 0.190. The van der Waals surface area contributed by atoms with Crippen LogP contribution in [0, 0.1) is 32.1 Å². The van der Waals surface area contributed by atoms with Crippen molar-refractivity contribution in [2.24, 2.45) is 0 Å². The van der Waals surface area contributed by atoms with E-state index in [1.54, 1.807) is 6.07 Å². The zero-order chi connectivity index (χ0) is 18.0. The number of benzene rings is 2. The SMILES string of the molecule is Cc1ccc(Cn2c(C#N)cc(N)c2Oc2cc(C)ccc2C)cc1. The van der Waals surface area contributed by atoms with Crippen LogP contribution in [0.4, 0.5) is 5.69 Å². The summed E-state index contributed by atoms with van der Waals surface area (Å²) < 4.78 is 7.94. The highest BCUT2D eigenvalue weighted by Gasteiger charge is 2.16. The smallest absolute Gasteiger partial charge is 0.224 e. The molecule has 3 rings (SSSR count). The highest BCUT2D eigenvalue weighted by molar-refractivity contribution is 5.57. The van der Waals surface area contributed by atoms with Gasteiger partial charge >= 0.3 is 0 Å². The van der Waals surface area contributed by atoms with Gasteiger partial charge in [-0.25, -0.2) is 0 Å². The fourth-order valence-electron chi connectivity index (χ4n) is 2.71. The van der Waals surface area contributed by atoms with Gasteiger partial charge in [-0.1, -0.05) is 42.0 Å². The van der Waals surface area contributed by atoms with Crippen molar-refractivity contribution in [3.8, 4) is 17.7 Å². The first-order chi connectivity index (χ1) is 12.0. The number of hydrogen-bond donors (Lipinski definition) is 1. The minimum atomic E-state index is 0.463. The van der Waals surface area contributed by atoms with Crippen LogP contribution in [0.2, 0.25) is 0 Å². The molecule has 0 saturated heterocycles. The number of nitriles is 1. The van der Waals surface area contributed by atoms with Crippen LogP contribution in [-0.4, -0.2) is 4.57 Å². The number of aromatic nitrogens is 1. The van der Waals surface area contributed by atoms with Crippen LogP contribution in [0.25, 0.3) is 0 Å². The van der Waals surface area contributed by atoms with E-state index in [1.165, 1.54) is 5.56 Å². The second-order valence-electron chi connectivity index (χ2n) is 6.34. The first-order valence-electron chi connectivity index (χ1n) is 8.17. The van der Waals surface area contributed by atoms with Gasteiger partial charge in [0, 0.05) is 6.07 Å². The minimum absolute atomic E-state index is 0.463. The molecule has 126 valence electrons. The van der Waals surface area contributed by atoms with Gasteiger partial charge in [0.2, 0.25) is 5.88 Å². The Hall–Kier alpha value is -3.19. The molecule has 0 fully saturated rings. The maximum absolute atomic E-state index is 9.46. The van der Waals surface area contributed by atoms with Gasteiger partial charge in [0.05, 0.1) is 12.2 Å². The molecule has 4 nitrogen and oxygen atoms in total. The van der Waals surface area contributed by atoms with E-state index in [2.05, 4.69) is 18.2 Å². The van der Waals surface area contributed by atoms with Gasteiger partial charge in [0.1, 0.15) is 17.5 Å². The Morgan fingerprint density at radius 2 is 1.68 bits per heavy atom. The highest BCUT2D eigenvalue weighted by Crippen LogP contribution is 2.33. The number of aryl methyl sites for hydroxylation is 3. The third kappa shape index (κ3) is 3.51. The first-order valence-corrected chi connectivity index (χ1v) is 8.17. The third-order valence-corrected chi connectivity index (χ3v) is 4.20. The number of nitrogens with two attached hydrogens (primary N) is 1. The molecular weight excluding hydrogens is 310 g/mol. The molecule has 0 aliphatic heterocycles. The number of nitrogens with zero attached hydrogens (tertiary/aromatic N) is 2. The average Bonchev–Trinajstić information content (AvgIpc) is 2.88. The summed E-state index contributed by atoms with van der Waals surface area (Å²) in [4.78, 5) is 0. The van der Waals surface area contributed by atoms with E-state index in [4.69, 9.17) is 10.5 Å². The maximum atomic E-state index is 9.46. The van der Waals surface area contributed by atoms with Crippen LogP contribution < -0.4 is 10.5 Å². The van der Waals surface area contributed by atoms with E-state index in [0.717, 1.165) is 22.4 Å². The zero-order valence-corrected chi connectivity index (χ0v) is 14.7. The molecule has 0 bridgehead atoms. The van der Waals surface area contributed by atoms with Crippen molar-refractivity contribution in [1.82, 2.24) is 4.57 Å². The lowest BCUT2D eigenvalue weighted by Crippen LogP contribution is -2.05. The summed E-state index contributed by atoms with van der Waals surface area (Å²) >= 11 is 0. The molecule has 25 heavy (non-hydrogen) atoms. The number of anilines is 1. The van der Waals surface area contributed by atoms with Crippen molar-refractivity contribution in [2.75, 3.05) is 5.73 Å².